The Kier molecular flexibility index (Phi) is 2.93. The second-order valence-electron chi connectivity index (χ2n) is 6.70. The molecule has 3 atom stereocenters. The van der Waals surface area contributed by atoms with Gasteiger partial charge >= 0.3 is 0 Å². The minimum atomic E-state index is -0.0200. The third-order valence-electron chi connectivity index (χ3n) is 5.07. The average molecular weight is 317 g/mol. The van der Waals surface area contributed by atoms with E-state index >= 15 is 0 Å². The molecule has 2 aromatic heterocycles. The third kappa shape index (κ3) is 1.99. The van der Waals surface area contributed by atoms with Crippen molar-refractivity contribution in [3.8, 4) is 0 Å². The summed E-state index contributed by atoms with van der Waals surface area (Å²) in [5, 5.41) is 4.10. The zero-order valence-electron chi connectivity index (χ0n) is 12.7. The summed E-state index contributed by atoms with van der Waals surface area (Å²) in [6.45, 7) is 6.66. The van der Waals surface area contributed by atoms with Crippen molar-refractivity contribution in [2.75, 3.05) is 18.8 Å². The highest BCUT2D eigenvalue weighted by Gasteiger charge is 2.51. The van der Waals surface area contributed by atoms with Gasteiger partial charge in [0.1, 0.15) is 4.83 Å². The molecule has 2 fully saturated rings. The van der Waals surface area contributed by atoms with Crippen molar-refractivity contribution < 1.29 is 4.79 Å². The number of carbonyl (C=O) groups excluding carboxylic acids is 1. The Hall–Kier alpha value is -1.73. The van der Waals surface area contributed by atoms with E-state index in [1.807, 2.05) is 6.07 Å². The standard InChI is InChI=1S/C15H19N5OS/c1-15(2)11(8-3-4-20(15)7-8)18-12(21)10-5-9-6-17-14(16)19-13(9)22-10/h5-6,8,11H,3-4,7H2,1-2H3,(H,18,21)(H2,16,17,19)/t8?,11-/m1/s1. The van der Waals surface area contributed by atoms with E-state index in [1.165, 1.54) is 17.8 Å². The van der Waals surface area contributed by atoms with Crippen LogP contribution in [-0.2, 0) is 0 Å². The molecule has 0 aliphatic carbocycles. The van der Waals surface area contributed by atoms with E-state index in [-0.39, 0.29) is 23.4 Å². The zero-order chi connectivity index (χ0) is 15.5. The van der Waals surface area contributed by atoms with Gasteiger partial charge in [0.2, 0.25) is 5.95 Å². The van der Waals surface area contributed by atoms with Crippen LogP contribution in [0.5, 0.6) is 0 Å². The summed E-state index contributed by atoms with van der Waals surface area (Å²) < 4.78 is 0. The van der Waals surface area contributed by atoms with Gasteiger partial charge in [-0.2, -0.15) is 0 Å². The van der Waals surface area contributed by atoms with Gasteiger partial charge in [0.05, 0.1) is 10.9 Å². The number of piperidine rings is 1. The van der Waals surface area contributed by atoms with E-state index in [1.54, 1.807) is 6.20 Å². The largest absolute Gasteiger partial charge is 0.368 e. The lowest BCUT2D eigenvalue weighted by Gasteiger charge is -2.39. The van der Waals surface area contributed by atoms with Crippen LogP contribution in [-0.4, -0.2) is 45.4 Å². The van der Waals surface area contributed by atoms with Gasteiger partial charge in [-0.05, 0) is 38.8 Å². The van der Waals surface area contributed by atoms with Crippen LogP contribution in [0.4, 0.5) is 5.95 Å². The lowest BCUT2D eigenvalue weighted by molar-refractivity contribution is 0.0839. The molecular weight excluding hydrogens is 298 g/mol. The quantitative estimate of drug-likeness (QED) is 0.876. The van der Waals surface area contributed by atoms with Gasteiger partial charge in [-0.3, -0.25) is 9.69 Å². The molecule has 4 heterocycles. The lowest BCUT2D eigenvalue weighted by Crippen LogP contribution is -2.56. The predicted octanol–water partition coefficient (Wildman–Crippen LogP) is 1.49. The predicted molar refractivity (Wildman–Crippen MR) is 86.8 cm³/mol. The van der Waals surface area contributed by atoms with Gasteiger partial charge in [-0.25, -0.2) is 9.97 Å². The summed E-state index contributed by atoms with van der Waals surface area (Å²) in [5.74, 6) is 0.778. The smallest absolute Gasteiger partial charge is 0.261 e. The number of nitrogens with zero attached hydrogens (tertiary/aromatic N) is 3. The monoisotopic (exact) mass is 317 g/mol. The van der Waals surface area contributed by atoms with Crippen molar-refractivity contribution in [3.63, 3.8) is 0 Å². The van der Waals surface area contributed by atoms with Gasteiger partial charge < -0.3 is 11.1 Å². The first-order chi connectivity index (χ1) is 10.4. The van der Waals surface area contributed by atoms with Gasteiger partial charge in [0.25, 0.3) is 5.91 Å². The highest BCUT2D eigenvalue weighted by atomic mass is 32.1. The maximum atomic E-state index is 12.6. The van der Waals surface area contributed by atoms with Crippen LogP contribution in [0.1, 0.15) is 29.9 Å². The van der Waals surface area contributed by atoms with Crippen molar-refractivity contribution in [3.05, 3.63) is 17.1 Å². The van der Waals surface area contributed by atoms with E-state index in [0.717, 1.165) is 23.3 Å². The maximum absolute atomic E-state index is 12.6. The fraction of sp³-hybridized carbons (Fsp3) is 0.533. The summed E-state index contributed by atoms with van der Waals surface area (Å²) in [7, 11) is 0. The Morgan fingerprint density at radius 1 is 1.55 bits per heavy atom. The number of nitrogen functional groups attached to an aromatic ring is 1. The third-order valence-corrected chi connectivity index (χ3v) is 6.12. The molecule has 3 N–H and O–H groups in total. The van der Waals surface area contributed by atoms with E-state index in [9.17, 15) is 4.79 Å². The Bertz CT molecular complexity index is 755. The van der Waals surface area contributed by atoms with Crippen molar-refractivity contribution in [1.29, 1.82) is 0 Å². The minimum Gasteiger partial charge on any atom is -0.368 e. The first-order valence-electron chi connectivity index (χ1n) is 7.53. The number of carbonyl (C=O) groups is 1. The Labute approximate surface area is 132 Å². The van der Waals surface area contributed by atoms with Crippen LogP contribution in [0.15, 0.2) is 12.3 Å². The number of rotatable bonds is 2. The summed E-state index contributed by atoms with van der Waals surface area (Å²) in [5.41, 5.74) is 5.62. The maximum Gasteiger partial charge on any atom is 0.261 e. The number of nitrogens with two attached hydrogens (primary N) is 1. The molecule has 22 heavy (non-hydrogen) atoms. The molecule has 0 radical (unpaired) electrons. The lowest BCUT2D eigenvalue weighted by atomic mass is 9.85. The molecule has 1 amide bonds. The second-order valence-corrected chi connectivity index (χ2v) is 7.73. The van der Waals surface area contributed by atoms with Crippen LogP contribution in [0.25, 0.3) is 10.2 Å². The number of hydrogen-bond acceptors (Lipinski definition) is 6. The van der Waals surface area contributed by atoms with E-state index in [2.05, 4.69) is 34.0 Å². The number of aromatic nitrogens is 2. The SMILES string of the molecule is CC1(C)[C@H](NC(=O)c2cc3cnc(N)nc3s2)C2CCN1C2. The Balaban J connectivity index is 1.59. The fourth-order valence-corrected chi connectivity index (χ4v) is 4.73. The number of thiophene rings is 1. The van der Waals surface area contributed by atoms with Crippen LogP contribution in [0, 0.1) is 5.92 Å². The van der Waals surface area contributed by atoms with Crippen LogP contribution in [0.3, 0.4) is 0 Å². The van der Waals surface area contributed by atoms with Crippen molar-refractivity contribution in [2.45, 2.75) is 31.8 Å². The number of nitrogens with one attached hydrogen (secondary N) is 1. The van der Waals surface area contributed by atoms with Crippen LogP contribution in [0.2, 0.25) is 0 Å². The number of amides is 1. The number of anilines is 1. The van der Waals surface area contributed by atoms with Crippen LogP contribution >= 0.6 is 11.3 Å². The molecule has 0 saturated carbocycles. The molecule has 4 rings (SSSR count). The fourth-order valence-electron chi connectivity index (χ4n) is 3.82. The molecule has 2 aromatic rings. The van der Waals surface area contributed by atoms with Crippen molar-refractivity contribution in [1.82, 2.24) is 20.2 Å². The molecule has 116 valence electrons. The van der Waals surface area contributed by atoms with E-state index < -0.39 is 0 Å². The number of hydrogen-bond donors (Lipinski definition) is 2. The molecular formula is C15H19N5OS. The molecule has 6 nitrogen and oxygen atoms in total. The van der Waals surface area contributed by atoms with E-state index in [4.69, 9.17) is 5.73 Å². The van der Waals surface area contributed by atoms with Gasteiger partial charge in [0, 0.05) is 23.7 Å². The molecule has 2 aliphatic rings. The molecule has 2 unspecified atom stereocenters. The first-order valence-corrected chi connectivity index (χ1v) is 8.35. The highest BCUT2D eigenvalue weighted by Crippen LogP contribution is 2.40. The van der Waals surface area contributed by atoms with Crippen LogP contribution < -0.4 is 11.1 Å². The Morgan fingerprint density at radius 3 is 3.09 bits per heavy atom. The minimum absolute atomic E-state index is 0.0200. The summed E-state index contributed by atoms with van der Waals surface area (Å²) >= 11 is 1.37. The topological polar surface area (TPSA) is 84.1 Å². The van der Waals surface area contributed by atoms with Crippen molar-refractivity contribution >= 4 is 33.4 Å². The Morgan fingerprint density at radius 2 is 2.36 bits per heavy atom. The molecule has 2 bridgehead atoms. The summed E-state index contributed by atoms with van der Waals surface area (Å²) in [6.07, 6.45) is 2.83. The molecule has 0 aromatic carbocycles. The van der Waals surface area contributed by atoms with Crippen molar-refractivity contribution in [2.24, 2.45) is 5.92 Å². The van der Waals surface area contributed by atoms with Gasteiger partial charge in [-0.1, -0.05) is 0 Å². The second kappa shape index (κ2) is 4.63. The van der Waals surface area contributed by atoms with Gasteiger partial charge in [-0.15, -0.1) is 11.3 Å². The van der Waals surface area contributed by atoms with E-state index in [0.29, 0.717) is 10.8 Å². The molecule has 0 spiro atoms. The molecule has 7 heteroatoms. The summed E-state index contributed by atoms with van der Waals surface area (Å²) in [4.78, 5) is 24.7. The zero-order valence-corrected chi connectivity index (χ0v) is 13.5. The van der Waals surface area contributed by atoms with Gasteiger partial charge in [0.15, 0.2) is 0 Å². The first kappa shape index (κ1) is 13.9. The molecule has 2 saturated heterocycles. The number of fused-ring (bicyclic) bond motifs is 3. The summed E-state index contributed by atoms with van der Waals surface area (Å²) in [6, 6.07) is 2.05. The average Bonchev–Trinajstić information content (AvgIpc) is 3.14. The molecule has 2 aliphatic heterocycles. The normalized spacial score (nSPS) is 29.1. The highest BCUT2D eigenvalue weighted by molar-refractivity contribution is 7.20.